The first-order valence-electron chi connectivity index (χ1n) is 11.4. The van der Waals surface area contributed by atoms with Gasteiger partial charge in [-0.15, -0.1) is 17.6 Å². The van der Waals surface area contributed by atoms with E-state index in [-0.39, 0.29) is 47.7 Å². The molecule has 1 fully saturated rings. The Balaban J connectivity index is 1.05. The zero-order chi connectivity index (χ0) is 27.3. The number of fused-ring (bicyclic) bond motifs is 2. The number of hydrogen-bond acceptors (Lipinski definition) is 8. The Labute approximate surface area is 213 Å². The highest BCUT2D eigenvalue weighted by molar-refractivity contribution is 5.80. The van der Waals surface area contributed by atoms with Crippen molar-refractivity contribution in [1.29, 1.82) is 0 Å². The molecule has 10 nitrogen and oxygen atoms in total. The van der Waals surface area contributed by atoms with Gasteiger partial charge in [0, 0.05) is 23.2 Å². The van der Waals surface area contributed by atoms with E-state index in [2.05, 4.69) is 29.6 Å². The SMILES string of the molecule is CC1(NC(=O)COc2ccc3c(c2)OC(F)(F)O3)CC(C)(NC(=O)COc2ccc3c(c2)OC(F)(F)O3)C1. The van der Waals surface area contributed by atoms with Gasteiger partial charge in [0.2, 0.25) is 0 Å². The predicted octanol–water partition coefficient (Wildman–Crippen LogP) is 3.33. The lowest BCUT2D eigenvalue weighted by atomic mass is 9.64. The van der Waals surface area contributed by atoms with Gasteiger partial charge in [-0.1, -0.05) is 0 Å². The first-order chi connectivity index (χ1) is 17.7. The maximum absolute atomic E-state index is 13.1. The Hall–Kier alpha value is -4.10. The van der Waals surface area contributed by atoms with Crippen LogP contribution < -0.4 is 39.1 Å². The second-order valence-electron chi connectivity index (χ2n) is 9.70. The molecule has 2 aromatic carbocycles. The van der Waals surface area contributed by atoms with E-state index in [0.717, 1.165) is 0 Å². The third-order valence-corrected chi connectivity index (χ3v) is 5.93. The Bertz CT molecular complexity index is 1190. The molecule has 2 N–H and O–H groups in total. The minimum atomic E-state index is -3.75. The minimum absolute atomic E-state index is 0.138. The smallest absolute Gasteiger partial charge is 0.484 e. The van der Waals surface area contributed by atoms with Crippen LogP contribution in [0.4, 0.5) is 17.6 Å². The zero-order valence-electron chi connectivity index (χ0n) is 20.1. The quantitative estimate of drug-likeness (QED) is 0.489. The van der Waals surface area contributed by atoms with Gasteiger partial charge in [0.1, 0.15) is 11.5 Å². The number of alkyl halides is 4. The van der Waals surface area contributed by atoms with Crippen molar-refractivity contribution in [2.75, 3.05) is 13.2 Å². The topological polar surface area (TPSA) is 114 Å². The first-order valence-corrected chi connectivity index (χ1v) is 11.4. The molecule has 0 radical (unpaired) electrons. The average molecular weight is 542 g/mol. The molecule has 3 aliphatic rings. The second-order valence-corrected chi connectivity index (χ2v) is 9.70. The molecular formula is C24H22F4N2O8. The number of benzene rings is 2. The summed E-state index contributed by atoms with van der Waals surface area (Å²) < 4.78 is 80.6. The summed E-state index contributed by atoms with van der Waals surface area (Å²) >= 11 is 0. The zero-order valence-corrected chi connectivity index (χ0v) is 20.1. The molecule has 0 atom stereocenters. The number of ether oxygens (including phenoxy) is 6. The predicted molar refractivity (Wildman–Crippen MR) is 119 cm³/mol. The van der Waals surface area contributed by atoms with Gasteiger partial charge in [-0.3, -0.25) is 9.59 Å². The molecule has 0 spiro atoms. The number of nitrogens with one attached hydrogen (secondary N) is 2. The standard InChI is InChI=1S/C24H22F4N2O8/c1-21(29-19(31)9-33-13-3-5-15-17(7-13)37-23(25,26)35-15)11-22(2,12-21)30-20(32)10-34-14-4-6-16-18(8-14)38-24(27,28)36-16/h3-8H,9-12H2,1-2H3,(H,29,31)(H,30,32). The van der Waals surface area contributed by atoms with E-state index in [1.807, 2.05) is 0 Å². The summed E-state index contributed by atoms with van der Waals surface area (Å²) in [6.07, 6.45) is -6.68. The van der Waals surface area contributed by atoms with E-state index in [9.17, 15) is 27.2 Å². The van der Waals surface area contributed by atoms with Crippen LogP contribution in [-0.4, -0.2) is 48.7 Å². The van der Waals surface area contributed by atoms with E-state index in [1.54, 1.807) is 13.8 Å². The number of carbonyl (C=O) groups is 2. The summed E-state index contributed by atoms with van der Waals surface area (Å²) in [5.74, 6) is -1.27. The summed E-state index contributed by atoms with van der Waals surface area (Å²) in [6, 6.07) is 7.63. The van der Waals surface area contributed by atoms with Gasteiger partial charge in [0.15, 0.2) is 36.2 Å². The fraction of sp³-hybridized carbons (Fsp3) is 0.417. The van der Waals surface area contributed by atoms with E-state index < -0.39 is 35.5 Å². The lowest BCUT2D eigenvalue weighted by Gasteiger charge is -2.53. The number of amides is 2. The van der Waals surface area contributed by atoms with E-state index in [0.29, 0.717) is 12.8 Å². The molecule has 14 heteroatoms. The van der Waals surface area contributed by atoms with Gasteiger partial charge in [0.05, 0.1) is 0 Å². The third kappa shape index (κ3) is 5.58. The molecule has 0 bridgehead atoms. The van der Waals surface area contributed by atoms with Crippen molar-refractivity contribution < 1.29 is 55.6 Å². The van der Waals surface area contributed by atoms with Crippen LogP contribution in [0, 0.1) is 0 Å². The molecule has 2 aliphatic heterocycles. The highest BCUT2D eigenvalue weighted by atomic mass is 19.3. The Morgan fingerprint density at radius 3 is 1.47 bits per heavy atom. The van der Waals surface area contributed by atoms with Crippen molar-refractivity contribution in [3.8, 4) is 34.5 Å². The van der Waals surface area contributed by atoms with Crippen molar-refractivity contribution in [1.82, 2.24) is 10.6 Å². The summed E-state index contributed by atoms with van der Waals surface area (Å²) in [6.45, 7) is 2.87. The van der Waals surface area contributed by atoms with Gasteiger partial charge in [0.25, 0.3) is 11.8 Å². The first kappa shape index (κ1) is 25.5. The molecule has 0 aromatic heterocycles. The van der Waals surface area contributed by atoms with Crippen molar-refractivity contribution in [2.45, 2.75) is 50.4 Å². The summed E-state index contributed by atoms with van der Waals surface area (Å²) in [4.78, 5) is 24.8. The van der Waals surface area contributed by atoms with Gasteiger partial charge in [-0.25, -0.2) is 0 Å². The van der Waals surface area contributed by atoms with Crippen LogP contribution in [0.25, 0.3) is 0 Å². The molecule has 0 unspecified atom stereocenters. The van der Waals surface area contributed by atoms with Crippen molar-refractivity contribution in [3.63, 3.8) is 0 Å². The molecule has 5 rings (SSSR count). The number of rotatable bonds is 8. The van der Waals surface area contributed by atoms with Crippen LogP contribution in [0.15, 0.2) is 36.4 Å². The Morgan fingerprint density at radius 2 is 1.08 bits per heavy atom. The lowest BCUT2D eigenvalue weighted by molar-refractivity contribution is -0.287. The second kappa shape index (κ2) is 8.74. The van der Waals surface area contributed by atoms with Crippen molar-refractivity contribution >= 4 is 11.8 Å². The summed E-state index contributed by atoms with van der Waals surface area (Å²) in [7, 11) is 0. The summed E-state index contributed by atoms with van der Waals surface area (Å²) in [5.41, 5.74) is -1.24. The molecular weight excluding hydrogens is 520 g/mol. The maximum atomic E-state index is 13.1. The number of hydrogen-bond donors (Lipinski definition) is 2. The Morgan fingerprint density at radius 1 is 0.711 bits per heavy atom. The fourth-order valence-electron chi connectivity index (χ4n) is 4.93. The highest BCUT2D eigenvalue weighted by Gasteiger charge is 2.50. The molecule has 204 valence electrons. The van der Waals surface area contributed by atoms with Crippen molar-refractivity contribution in [3.05, 3.63) is 36.4 Å². The molecule has 1 aliphatic carbocycles. The molecule has 2 aromatic rings. The van der Waals surface area contributed by atoms with E-state index in [1.165, 1.54) is 36.4 Å². The van der Waals surface area contributed by atoms with Gasteiger partial charge in [-0.05, 0) is 51.0 Å². The third-order valence-electron chi connectivity index (χ3n) is 5.93. The molecule has 2 heterocycles. The Kier molecular flexibility index (Phi) is 5.87. The van der Waals surface area contributed by atoms with Gasteiger partial charge < -0.3 is 39.1 Å². The van der Waals surface area contributed by atoms with Crippen LogP contribution in [-0.2, 0) is 9.59 Å². The van der Waals surface area contributed by atoms with Gasteiger partial charge >= 0.3 is 12.6 Å². The fourth-order valence-corrected chi connectivity index (χ4v) is 4.93. The molecule has 1 saturated carbocycles. The van der Waals surface area contributed by atoms with Crippen LogP contribution in [0.2, 0.25) is 0 Å². The van der Waals surface area contributed by atoms with E-state index in [4.69, 9.17) is 9.47 Å². The summed E-state index contributed by atoms with van der Waals surface area (Å²) in [5, 5.41) is 5.67. The highest BCUT2D eigenvalue weighted by Crippen LogP contribution is 2.44. The largest absolute Gasteiger partial charge is 0.586 e. The van der Waals surface area contributed by atoms with Crippen LogP contribution in [0.3, 0.4) is 0 Å². The van der Waals surface area contributed by atoms with Gasteiger partial charge in [-0.2, -0.15) is 0 Å². The maximum Gasteiger partial charge on any atom is 0.586 e. The lowest BCUT2D eigenvalue weighted by Crippen LogP contribution is -2.69. The molecule has 38 heavy (non-hydrogen) atoms. The minimum Gasteiger partial charge on any atom is -0.484 e. The van der Waals surface area contributed by atoms with Crippen LogP contribution >= 0.6 is 0 Å². The monoisotopic (exact) mass is 542 g/mol. The van der Waals surface area contributed by atoms with Crippen LogP contribution in [0.1, 0.15) is 26.7 Å². The van der Waals surface area contributed by atoms with Crippen molar-refractivity contribution in [2.24, 2.45) is 0 Å². The normalized spacial score (nSPS) is 25.2. The van der Waals surface area contributed by atoms with E-state index >= 15 is 0 Å². The van der Waals surface area contributed by atoms with Crippen LogP contribution in [0.5, 0.6) is 34.5 Å². The average Bonchev–Trinajstić information content (AvgIpc) is 3.26. The number of carbonyl (C=O) groups excluding carboxylic acids is 2. The molecule has 0 saturated heterocycles. The number of halogens is 4. The molecule has 2 amide bonds.